The highest BCUT2D eigenvalue weighted by molar-refractivity contribution is 5.79. The maximum atomic E-state index is 4.36. The van der Waals surface area contributed by atoms with Gasteiger partial charge in [-0.1, -0.05) is 37.3 Å². The lowest BCUT2D eigenvalue weighted by molar-refractivity contribution is 0.363. The third-order valence-corrected chi connectivity index (χ3v) is 2.19. The quantitative estimate of drug-likeness (QED) is 0.649. The maximum Gasteiger partial charge on any atom is 0.0516 e. The smallest absolute Gasteiger partial charge is 0.0516 e. The van der Waals surface area contributed by atoms with Crippen LogP contribution < -0.4 is 0 Å². The lowest BCUT2D eigenvalue weighted by atomic mass is 10.2. The van der Waals surface area contributed by atoms with Gasteiger partial charge in [0.15, 0.2) is 0 Å². The molecular weight excluding hydrogens is 172 g/mol. The minimum absolute atomic E-state index is 0.874. The zero-order chi connectivity index (χ0) is 10.2. The minimum atomic E-state index is 0.874. The number of benzene rings is 1. The van der Waals surface area contributed by atoms with Gasteiger partial charge in [0.05, 0.1) is 6.54 Å². The molecule has 0 aliphatic heterocycles. The van der Waals surface area contributed by atoms with E-state index in [1.54, 1.807) is 0 Å². The van der Waals surface area contributed by atoms with E-state index in [0.717, 1.165) is 19.6 Å². The Morgan fingerprint density at radius 1 is 1.29 bits per heavy atom. The SMILES string of the molecule is CCN(C)CCN=Cc1ccccc1. The van der Waals surface area contributed by atoms with Crippen LogP contribution in [0.5, 0.6) is 0 Å². The number of rotatable bonds is 5. The van der Waals surface area contributed by atoms with Crippen molar-refractivity contribution >= 4 is 6.21 Å². The largest absolute Gasteiger partial charge is 0.305 e. The fourth-order valence-electron chi connectivity index (χ4n) is 1.10. The van der Waals surface area contributed by atoms with Crippen molar-refractivity contribution in [2.45, 2.75) is 6.92 Å². The lowest BCUT2D eigenvalue weighted by Crippen LogP contribution is -2.20. The second-order valence-electron chi connectivity index (χ2n) is 3.34. The zero-order valence-corrected chi connectivity index (χ0v) is 8.98. The Kier molecular flexibility index (Phi) is 4.94. The molecule has 2 nitrogen and oxygen atoms in total. The van der Waals surface area contributed by atoms with Crippen molar-refractivity contribution < 1.29 is 0 Å². The molecule has 14 heavy (non-hydrogen) atoms. The molecule has 0 spiro atoms. The first-order valence-electron chi connectivity index (χ1n) is 5.06. The van der Waals surface area contributed by atoms with Gasteiger partial charge in [-0.3, -0.25) is 4.99 Å². The molecule has 0 saturated carbocycles. The summed E-state index contributed by atoms with van der Waals surface area (Å²) in [5, 5.41) is 0. The molecule has 0 atom stereocenters. The molecule has 0 fully saturated rings. The maximum absolute atomic E-state index is 4.36. The van der Waals surface area contributed by atoms with E-state index in [0.29, 0.717) is 0 Å². The van der Waals surface area contributed by atoms with Crippen LogP contribution in [-0.4, -0.2) is 37.8 Å². The van der Waals surface area contributed by atoms with E-state index in [9.17, 15) is 0 Å². The van der Waals surface area contributed by atoms with E-state index in [1.165, 1.54) is 5.56 Å². The molecule has 0 aromatic heterocycles. The molecule has 1 rings (SSSR count). The normalized spacial score (nSPS) is 11.4. The number of hydrogen-bond donors (Lipinski definition) is 0. The highest BCUT2D eigenvalue weighted by Crippen LogP contribution is 1.93. The Bertz CT molecular complexity index is 267. The number of nitrogens with zero attached hydrogens (tertiary/aromatic N) is 2. The summed E-state index contributed by atoms with van der Waals surface area (Å²) in [6, 6.07) is 10.2. The van der Waals surface area contributed by atoms with Crippen molar-refractivity contribution in [3.63, 3.8) is 0 Å². The van der Waals surface area contributed by atoms with Crippen molar-refractivity contribution in [2.24, 2.45) is 4.99 Å². The fourth-order valence-corrected chi connectivity index (χ4v) is 1.10. The van der Waals surface area contributed by atoms with Gasteiger partial charge in [0.1, 0.15) is 0 Å². The molecule has 1 aromatic carbocycles. The summed E-state index contributed by atoms with van der Waals surface area (Å²) in [5.74, 6) is 0. The van der Waals surface area contributed by atoms with E-state index >= 15 is 0 Å². The standard InChI is InChI=1S/C12H18N2/c1-3-14(2)10-9-13-11-12-7-5-4-6-8-12/h4-8,11H,3,9-10H2,1-2H3. The number of aliphatic imine (C=N–C) groups is 1. The van der Waals surface area contributed by atoms with Crippen molar-refractivity contribution in [2.75, 3.05) is 26.7 Å². The molecule has 2 heteroatoms. The molecule has 0 unspecified atom stereocenters. The molecule has 76 valence electrons. The first-order chi connectivity index (χ1) is 6.83. The van der Waals surface area contributed by atoms with E-state index in [4.69, 9.17) is 0 Å². The van der Waals surface area contributed by atoms with Gasteiger partial charge in [0, 0.05) is 12.8 Å². The Morgan fingerprint density at radius 3 is 2.64 bits per heavy atom. The Labute approximate surface area is 86.3 Å². The van der Waals surface area contributed by atoms with E-state index in [2.05, 4.69) is 36.0 Å². The van der Waals surface area contributed by atoms with Crippen LogP contribution in [0.15, 0.2) is 35.3 Å². The second kappa shape index (κ2) is 6.33. The molecule has 0 saturated heterocycles. The fraction of sp³-hybridized carbons (Fsp3) is 0.417. The van der Waals surface area contributed by atoms with Gasteiger partial charge in [-0.25, -0.2) is 0 Å². The van der Waals surface area contributed by atoms with Crippen LogP contribution in [0.4, 0.5) is 0 Å². The lowest BCUT2D eigenvalue weighted by Gasteiger charge is -2.10. The first-order valence-corrected chi connectivity index (χ1v) is 5.06. The third-order valence-electron chi connectivity index (χ3n) is 2.19. The minimum Gasteiger partial charge on any atom is -0.305 e. The van der Waals surface area contributed by atoms with Crippen LogP contribution >= 0.6 is 0 Å². The molecular formula is C12H18N2. The summed E-state index contributed by atoms with van der Waals surface area (Å²) in [7, 11) is 2.11. The Hall–Kier alpha value is -1.15. The average molecular weight is 190 g/mol. The van der Waals surface area contributed by atoms with E-state index in [1.807, 2.05) is 24.4 Å². The van der Waals surface area contributed by atoms with Crippen LogP contribution in [-0.2, 0) is 0 Å². The highest BCUT2D eigenvalue weighted by Gasteiger charge is 1.90. The van der Waals surface area contributed by atoms with E-state index < -0.39 is 0 Å². The molecule has 0 N–H and O–H groups in total. The molecule has 0 bridgehead atoms. The van der Waals surface area contributed by atoms with Crippen LogP contribution in [0.2, 0.25) is 0 Å². The summed E-state index contributed by atoms with van der Waals surface area (Å²) >= 11 is 0. The van der Waals surface area contributed by atoms with Crippen molar-refractivity contribution in [3.8, 4) is 0 Å². The Morgan fingerprint density at radius 2 is 2.00 bits per heavy atom. The summed E-state index contributed by atoms with van der Waals surface area (Å²) in [5.41, 5.74) is 1.17. The third kappa shape index (κ3) is 4.19. The van der Waals surface area contributed by atoms with Crippen molar-refractivity contribution in [1.29, 1.82) is 0 Å². The topological polar surface area (TPSA) is 15.6 Å². The van der Waals surface area contributed by atoms with Crippen LogP contribution in [0.25, 0.3) is 0 Å². The summed E-state index contributed by atoms with van der Waals surface area (Å²) in [6.45, 7) is 5.14. The van der Waals surface area contributed by atoms with Gasteiger partial charge in [-0.05, 0) is 19.2 Å². The Balaban J connectivity index is 2.28. The predicted octanol–water partition coefficient (Wildman–Crippen LogP) is 2.06. The molecule has 0 aliphatic carbocycles. The molecule has 0 heterocycles. The number of hydrogen-bond acceptors (Lipinski definition) is 2. The van der Waals surface area contributed by atoms with Crippen molar-refractivity contribution in [3.05, 3.63) is 35.9 Å². The first kappa shape index (κ1) is 10.9. The van der Waals surface area contributed by atoms with Crippen LogP contribution in [0.3, 0.4) is 0 Å². The van der Waals surface area contributed by atoms with E-state index in [-0.39, 0.29) is 0 Å². The van der Waals surface area contributed by atoms with Gasteiger partial charge in [0.25, 0.3) is 0 Å². The number of likely N-dealkylation sites (N-methyl/N-ethyl adjacent to an activating group) is 1. The highest BCUT2D eigenvalue weighted by atomic mass is 15.1. The second-order valence-corrected chi connectivity index (χ2v) is 3.34. The monoisotopic (exact) mass is 190 g/mol. The molecule has 0 aliphatic rings. The van der Waals surface area contributed by atoms with Crippen LogP contribution in [0.1, 0.15) is 12.5 Å². The summed E-state index contributed by atoms with van der Waals surface area (Å²) in [6.07, 6.45) is 1.93. The van der Waals surface area contributed by atoms with Gasteiger partial charge < -0.3 is 4.90 Å². The summed E-state index contributed by atoms with van der Waals surface area (Å²) in [4.78, 5) is 6.62. The van der Waals surface area contributed by atoms with Gasteiger partial charge in [-0.2, -0.15) is 0 Å². The average Bonchev–Trinajstić information content (AvgIpc) is 2.25. The van der Waals surface area contributed by atoms with Gasteiger partial charge in [0.2, 0.25) is 0 Å². The van der Waals surface area contributed by atoms with Crippen molar-refractivity contribution in [1.82, 2.24) is 4.90 Å². The molecule has 1 aromatic rings. The molecule has 0 radical (unpaired) electrons. The van der Waals surface area contributed by atoms with Gasteiger partial charge in [-0.15, -0.1) is 0 Å². The zero-order valence-electron chi connectivity index (χ0n) is 8.98. The van der Waals surface area contributed by atoms with Gasteiger partial charge >= 0.3 is 0 Å². The summed E-state index contributed by atoms with van der Waals surface area (Å²) < 4.78 is 0. The molecule has 0 amide bonds. The van der Waals surface area contributed by atoms with Crippen LogP contribution in [0, 0.1) is 0 Å². The predicted molar refractivity (Wildman–Crippen MR) is 62.1 cm³/mol.